The Labute approximate surface area is 110 Å². The predicted molar refractivity (Wildman–Crippen MR) is 77.1 cm³/mol. The smallest absolute Gasteiger partial charge is 0.107 e. The summed E-state index contributed by atoms with van der Waals surface area (Å²) in [7, 11) is 0. The summed E-state index contributed by atoms with van der Waals surface area (Å²) in [5, 5.41) is 3.80. The van der Waals surface area contributed by atoms with Gasteiger partial charge in [-0.15, -0.1) is 0 Å². The van der Waals surface area contributed by atoms with Crippen molar-refractivity contribution in [1.29, 1.82) is 0 Å². The fraction of sp³-hybridized carbons (Fsp3) is 0. The molecule has 4 heteroatoms. The maximum absolute atomic E-state index is 6.08. The number of hydrogen-bond donors (Lipinski definition) is 2. The van der Waals surface area contributed by atoms with E-state index in [0.717, 1.165) is 11.4 Å². The van der Waals surface area contributed by atoms with Gasteiger partial charge in [0, 0.05) is 5.69 Å². The fourth-order valence-corrected chi connectivity index (χ4v) is 2.11. The van der Waals surface area contributed by atoms with Crippen LogP contribution in [-0.4, -0.2) is 4.99 Å². The molecule has 0 atom stereocenters. The van der Waals surface area contributed by atoms with Crippen LogP contribution in [0.1, 0.15) is 5.56 Å². The van der Waals surface area contributed by atoms with Crippen molar-refractivity contribution in [2.75, 3.05) is 5.32 Å². The molecule has 0 aliphatic heterocycles. The monoisotopic (exact) mass is 262 g/mol. The second-order valence-corrected chi connectivity index (χ2v) is 4.36. The van der Waals surface area contributed by atoms with E-state index in [9.17, 15) is 0 Å². The number of nitrogens with two attached hydrogens (primary N) is 1. The minimum Gasteiger partial charge on any atom is -0.389 e. The van der Waals surface area contributed by atoms with Crippen LogP contribution in [0.25, 0.3) is 0 Å². The maximum atomic E-state index is 6.08. The number of hydrogen-bond acceptors (Lipinski definition) is 2. The lowest BCUT2D eigenvalue weighted by atomic mass is 10.1. The topological polar surface area (TPSA) is 38.0 Å². The first-order valence-electron chi connectivity index (χ1n) is 5.09. The number of para-hydroxylation sites is 1. The van der Waals surface area contributed by atoms with Crippen LogP contribution in [0.5, 0.6) is 0 Å². The predicted octanol–water partition coefficient (Wildman–Crippen LogP) is 3.72. The van der Waals surface area contributed by atoms with E-state index < -0.39 is 0 Å². The Morgan fingerprint density at radius 2 is 1.76 bits per heavy atom. The summed E-state index contributed by atoms with van der Waals surface area (Å²) in [5.74, 6) is 0. The molecule has 0 radical (unpaired) electrons. The highest BCUT2D eigenvalue weighted by Gasteiger charge is 2.09. The molecular formula is C13H11ClN2S. The standard InChI is InChI=1S/C13H11ClN2S/c14-10-7-4-8-11(12(10)13(15)17)16-9-5-2-1-3-6-9/h1-8,16H,(H2,15,17). The highest BCUT2D eigenvalue weighted by atomic mass is 35.5. The third-order valence-corrected chi connectivity index (χ3v) is 2.83. The number of anilines is 2. The van der Waals surface area contributed by atoms with E-state index in [1.807, 2.05) is 42.5 Å². The molecule has 0 aliphatic rings. The number of rotatable bonds is 3. The molecule has 0 fully saturated rings. The minimum absolute atomic E-state index is 0.286. The lowest BCUT2D eigenvalue weighted by molar-refractivity contribution is 1.52. The SMILES string of the molecule is NC(=S)c1c(Cl)cccc1Nc1ccccc1. The zero-order chi connectivity index (χ0) is 12.3. The summed E-state index contributed by atoms with van der Waals surface area (Å²) in [5.41, 5.74) is 8.13. The van der Waals surface area contributed by atoms with Crippen LogP contribution in [-0.2, 0) is 0 Å². The van der Waals surface area contributed by atoms with Crippen LogP contribution < -0.4 is 11.1 Å². The van der Waals surface area contributed by atoms with E-state index >= 15 is 0 Å². The Morgan fingerprint density at radius 3 is 2.41 bits per heavy atom. The van der Waals surface area contributed by atoms with Gasteiger partial charge >= 0.3 is 0 Å². The van der Waals surface area contributed by atoms with Gasteiger partial charge in [-0.1, -0.05) is 48.1 Å². The quantitative estimate of drug-likeness (QED) is 0.828. The molecule has 0 spiro atoms. The molecule has 0 heterocycles. The fourth-order valence-electron chi connectivity index (χ4n) is 1.56. The summed E-state index contributed by atoms with van der Waals surface area (Å²) in [6, 6.07) is 15.3. The summed E-state index contributed by atoms with van der Waals surface area (Å²) in [6.45, 7) is 0. The summed E-state index contributed by atoms with van der Waals surface area (Å²) in [4.78, 5) is 0.286. The molecule has 0 unspecified atom stereocenters. The van der Waals surface area contributed by atoms with E-state index in [-0.39, 0.29) is 4.99 Å². The largest absolute Gasteiger partial charge is 0.389 e. The van der Waals surface area contributed by atoms with Crippen LogP contribution in [0.15, 0.2) is 48.5 Å². The molecule has 2 nitrogen and oxygen atoms in total. The van der Waals surface area contributed by atoms with E-state index in [0.29, 0.717) is 10.6 Å². The normalized spacial score (nSPS) is 9.94. The Kier molecular flexibility index (Phi) is 3.61. The van der Waals surface area contributed by atoms with Crippen molar-refractivity contribution in [3.8, 4) is 0 Å². The number of benzene rings is 2. The van der Waals surface area contributed by atoms with Crippen molar-refractivity contribution in [1.82, 2.24) is 0 Å². The first kappa shape index (κ1) is 11.9. The van der Waals surface area contributed by atoms with Crippen molar-refractivity contribution < 1.29 is 0 Å². The Balaban J connectivity index is 2.40. The molecule has 86 valence electrons. The number of halogens is 1. The molecule has 0 amide bonds. The zero-order valence-electron chi connectivity index (χ0n) is 8.98. The summed E-state index contributed by atoms with van der Waals surface area (Å²) in [6.07, 6.45) is 0. The van der Waals surface area contributed by atoms with Crippen molar-refractivity contribution in [2.45, 2.75) is 0 Å². The van der Waals surface area contributed by atoms with Crippen molar-refractivity contribution in [3.63, 3.8) is 0 Å². The van der Waals surface area contributed by atoms with Crippen molar-refractivity contribution >= 4 is 40.2 Å². The molecule has 2 aromatic rings. The molecule has 0 saturated heterocycles. The van der Waals surface area contributed by atoms with Gasteiger partial charge in [0.25, 0.3) is 0 Å². The molecule has 2 rings (SSSR count). The van der Waals surface area contributed by atoms with E-state index in [1.54, 1.807) is 6.07 Å². The van der Waals surface area contributed by atoms with Gasteiger partial charge in [0.05, 0.1) is 16.3 Å². The molecule has 0 aliphatic carbocycles. The maximum Gasteiger partial charge on any atom is 0.107 e. The lowest BCUT2D eigenvalue weighted by Crippen LogP contribution is -2.12. The zero-order valence-corrected chi connectivity index (χ0v) is 10.6. The average molecular weight is 263 g/mol. The molecule has 3 N–H and O–H groups in total. The first-order chi connectivity index (χ1) is 8.18. The van der Waals surface area contributed by atoms with E-state index in [4.69, 9.17) is 29.6 Å². The average Bonchev–Trinajstić information content (AvgIpc) is 2.30. The Morgan fingerprint density at radius 1 is 1.06 bits per heavy atom. The van der Waals surface area contributed by atoms with Crippen molar-refractivity contribution in [2.24, 2.45) is 5.73 Å². The Hall–Kier alpha value is -1.58. The van der Waals surface area contributed by atoms with E-state index in [1.165, 1.54) is 0 Å². The number of thiocarbonyl (C=S) groups is 1. The van der Waals surface area contributed by atoms with Gasteiger partial charge in [0.2, 0.25) is 0 Å². The third-order valence-electron chi connectivity index (χ3n) is 2.31. The summed E-state index contributed by atoms with van der Waals surface area (Å²) < 4.78 is 0. The highest BCUT2D eigenvalue weighted by molar-refractivity contribution is 7.80. The second kappa shape index (κ2) is 5.17. The van der Waals surface area contributed by atoms with Crippen LogP contribution in [0.2, 0.25) is 5.02 Å². The van der Waals surface area contributed by atoms with Gasteiger partial charge in [-0.2, -0.15) is 0 Å². The van der Waals surface area contributed by atoms with Crippen LogP contribution >= 0.6 is 23.8 Å². The number of nitrogens with one attached hydrogen (secondary N) is 1. The van der Waals surface area contributed by atoms with Gasteiger partial charge < -0.3 is 11.1 Å². The van der Waals surface area contributed by atoms with Gasteiger partial charge in [-0.05, 0) is 24.3 Å². The molecule has 0 saturated carbocycles. The molecule has 2 aromatic carbocycles. The van der Waals surface area contributed by atoms with Crippen LogP contribution in [0.3, 0.4) is 0 Å². The Bertz CT molecular complexity index is 540. The lowest BCUT2D eigenvalue weighted by Gasteiger charge is -2.12. The highest BCUT2D eigenvalue weighted by Crippen LogP contribution is 2.26. The van der Waals surface area contributed by atoms with Gasteiger partial charge in [0.1, 0.15) is 4.99 Å². The van der Waals surface area contributed by atoms with Gasteiger partial charge in [0.15, 0.2) is 0 Å². The first-order valence-corrected chi connectivity index (χ1v) is 5.87. The molecule has 0 bridgehead atoms. The molecular weight excluding hydrogens is 252 g/mol. The summed E-state index contributed by atoms with van der Waals surface area (Å²) >= 11 is 11.1. The van der Waals surface area contributed by atoms with Crippen molar-refractivity contribution in [3.05, 3.63) is 59.1 Å². The molecule has 0 aromatic heterocycles. The van der Waals surface area contributed by atoms with Crippen LogP contribution in [0, 0.1) is 0 Å². The minimum atomic E-state index is 0.286. The van der Waals surface area contributed by atoms with Gasteiger partial charge in [-0.25, -0.2) is 0 Å². The van der Waals surface area contributed by atoms with E-state index in [2.05, 4.69) is 5.32 Å². The van der Waals surface area contributed by atoms with Gasteiger partial charge in [-0.3, -0.25) is 0 Å². The second-order valence-electron chi connectivity index (χ2n) is 3.52. The molecule has 17 heavy (non-hydrogen) atoms. The third kappa shape index (κ3) is 2.75. The van der Waals surface area contributed by atoms with Crippen LogP contribution in [0.4, 0.5) is 11.4 Å².